The lowest BCUT2D eigenvalue weighted by Crippen LogP contribution is -2.30. The topological polar surface area (TPSA) is 64.1 Å². The lowest BCUT2D eigenvalue weighted by atomic mass is 10.2. The zero-order valence-electron chi connectivity index (χ0n) is 12.3. The molecule has 1 heterocycles. The molecule has 5 nitrogen and oxygen atoms in total. The van der Waals surface area contributed by atoms with Crippen molar-refractivity contribution in [1.82, 2.24) is 10.2 Å². The summed E-state index contributed by atoms with van der Waals surface area (Å²) in [5, 5.41) is 13.0. The van der Waals surface area contributed by atoms with Gasteiger partial charge in [-0.25, -0.2) is 0 Å². The van der Waals surface area contributed by atoms with E-state index in [1.807, 2.05) is 6.92 Å². The second-order valence-corrected chi connectivity index (χ2v) is 6.82. The molecule has 1 aromatic carbocycles. The Morgan fingerprint density at radius 2 is 2.23 bits per heavy atom. The molecule has 7 heteroatoms. The number of carbonyl (C=O) groups is 1. The van der Waals surface area contributed by atoms with Crippen LogP contribution in [-0.4, -0.2) is 22.2 Å². The van der Waals surface area contributed by atoms with Gasteiger partial charge in [-0.3, -0.25) is 10.1 Å². The van der Waals surface area contributed by atoms with Crippen molar-refractivity contribution >= 4 is 34.0 Å². The summed E-state index contributed by atoms with van der Waals surface area (Å²) in [5.41, 5.74) is 0.888. The first-order chi connectivity index (χ1) is 10.5. The van der Waals surface area contributed by atoms with Crippen LogP contribution in [-0.2, 0) is 4.79 Å². The number of rotatable bonds is 5. The Balaban J connectivity index is 1.60. The number of aromatic nitrogens is 2. The minimum Gasteiger partial charge on any atom is -0.481 e. The van der Waals surface area contributed by atoms with Gasteiger partial charge in [0.25, 0.3) is 5.91 Å². The number of anilines is 1. The Kier molecular flexibility index (Phi) is 4.31. The van der Waals surface area contributed by atoms with E-state index in [0.717, 1.165) is 23.4 Å². The molecular weight excluding hydrogens is 322 g/mol. The van der Waals surface area contributed by atoms with E-state index in [-0.39, 0.29) is 5.91 Å². The molecule has 0 bridgehead atoms. The van der Waals surface area contributed by atoms with Crippen molar-refractivity contribution in [1.29, 1.82) is 0 Å². The van der Waals surface area contributed by atoms with Crippen LogP contribution >= 0.6 is 22.9 Å². The third-order valence-electron chi connectivity index (χ3n) is 3.41. The van der Waals surface area contributed by atoms with Crippen molar-refractivity contribution in [2.75, 3.05) is 5.32 Å². The third-order valence-corrected chi connectivity index (χ3v) is 4.64. The summed E-state index contributed by atoms with van der Waals surface area (Å²) in [7, 11) is 0. The van der Waals surface area contributed by atoms with E-state index in [1.54, 1.807) is 25.1 Å². The lowest BCUT2D eigenvalue weighted by molar-refractivity contribution is -0.122. The summed E-state index contributed by atoms with van der Waals surface area (Å²) in [6, 6.07) is 5.30. The molecule has 0 saturated heterocycles. The van der Waals surface area contributed by atoms with E-state index in [2.05, 4.69) is 15.5 Å². The van der Waals surface area contributed by atoms with Crippen LogP contribution in [0, 0.1) is 6.92 Å². The van der Waals surface area contributed by atoms with Crippen LogP contribution in [0.2, 0.25) is 5.02 Å². The van der Waals surface area contributed by atoms with E-state index >= 15 is 0 Å². The van der Waals surface area contributed by atoms with Crippen molar-refractivity contribution in [3.63, 3.8) is 0 Å². The van der Waals surface area contributed by atoms with Gasteiger partial charge in [-0.1, -0.05) is 22.9 Å². The number of hydrogen-bond acceptors (Lipinski definition) is 5. The van der Waals surface area contributed by atoms with Crippen LogP contribution in [0.25, 0.3) is 0 Å². The number of nitrogens with one attached hydrogen (secondary N) is 1. The zero-order chi connectivity index (χ0) is 15.7. The second kappa shape index (κ2) is 6.22. The van der Waals surface area contributed by atoms with E-state index < -0.39 is 6.10 Å². The number of ether oxygens (including phenoxy) is 1. The first kappa shape index (κ1) is 15.2. The molecular formula is C15H16ClN3O2S. The molecule has 22 heavy (non-hydrogen) atoms. The molecule has 1 amide bonds. The molecule has 0 spiro atoms. The number of hydrogen-bond donors (Lipinski definition) is 1. The number of halogens is 1. The molecule has 1 aliphatic carbocycles. The van der Waals surface area contributed by atoms with Crippen molar-refractivity contribution in [2.45, 2.75) is 38.7 Å². The molecule has 1 aliphatic rings. The summed E-state index contributed by atoms with van der Waals surface area (Å²) < 4.78 is 5.69. The fraction of sp³-hybridized carbons (Fsp3) is 0.400. The van der Waals surface area contributed by atoms with Gasteiger partial charge in [0.15, 0.2) is 6.10 Å². The normalized spacial score (nSPS) is 15.4. The Morgan fingerprint density at radius 3 is 2.91 bits per heavy atom. The van der Waals surface area contributed by atoms with E-state index in [0.29, 0.717) is 21.8 Å². The van der Waals surface area contributed by atoms with Crippen LogP contribution in [0.5, 0.6) is 5.75 Å². The van der Waals surface area contributed by atoms with Gasteiger partial charge in [0.1, 0.15) is 10.8 Å². The quantitative estimate of drug-likeness (QED) is 0.901. The highest BCUT2D eigenvalue weighted by atomic mass is 35.5. The zero-order valence-corrected chi connectivity index (χ0v) is 13.9. The highest BCUT2D eigenvalue weighted by Gasteiger charge is 2.28. The maximum absolute atomic E-state index is 12.2. The smallest absolute Gasteiger partial charge is 0.266 e. The SMILES string of the molecule is Cc1cc(Cl)ccc1OC(C)C(=O)Nc1nnc(C2CC2)s1. The van der Waals surface area contributed by atoms with Gasteiger partial charge < -0.3 is 4.74 Å². The van der Waals surface area contributed by atoms with Gasteiger partial charge in [0.05, 0.1) is 0 Å². The van der Waals surface area contributed by atoms with Crippen molar-refractivity contribution in [2.24, 2.45) is 0 Å². The van der Waals surface area contributed by atoms with Crippen LogP contribution in [0.4, 0.5) is 5.13 Å². The standard InChI is InChI=1S/C15H16ClN3O2S/c1-8-7-11(16)5-6-12(8)21-9(2)13(20)17-15-19-18-14(22-15)10-3-4-10/h5-7,9-10H,3-4H2,1-2H3,(H,17,19,20). The first-order valence-corrected chi connectivity index (χ1v) is 8.29. The number of nitrogens with zero attached hydrogens (tertiary/aromatic N) is 2. The summed E-state index contributed by atoms with van der Waals surface area (Å²) >= 11 is 7.34. The predicted molar refractivity (Wildman–Crippen MR) is 86.8 cm³/mol. The molecule has 1 N–H and O–H groups in total. The van der Waals surface area contributed by atoms with Crippen LogP contribution in [0.15, 0.2) is 18.2 Å². The van der Waals surface area contributed by atoms with Crippen molar-refractivity contribution in [3.8, 4) is 5.75 Å². The molecule has 1 fully saturated rings. The Morgan fingerprint density at radius 1 is 1.45 bits per heavy atom. The van der Waals surface area contributed by atoms with Gasteiger partial charge in [-0.15, -0.1) is 10.2 Å². The van der Waals surface area contributed by atoms with Crippen LogP contribution in [0.3, 0.4) is 0 Å². The number of amides is 1. The number of carbonyl (C=O) groups excluding carboxylic acids is 1. The Bertz CT molecular complexity index is 700. The maximum Gasteiger partial charge on any atom is 0.266 e. The molecule has 1 atom stereocenters. The minimum absolute atomic E-state index is 0.243. The van der Waals surface area contributed by atoms with Gasteiger partial charge in [0.2, 0.25) is 5.13 Å². The largest absolute Gasteiger partial charge is 0.481 e. The van der Waals surface area contributed by atoms with Crippen molar-refractivity contribution < 1.29 is 9.53 Å². The van der Waals surface area contributed by atoms with Crippen LogP contribution in [0.1, 0.15) is 36.3 Å². The predicted octanol–water partition coefficient (Wildman–Crippen LogP) is 3.78. The monoisotopic (exact) mass is 337 g/mol. The fourth-order valence-electron chi connectivity index (χ4n) is 1.98. The molecule has 0 aliphatic heterocycles. The second-order valence-electron chi connectivity index (χ2n) is 5.38. The average Bonchev–Trinajstić information content (AvgIpc) is 3.22. The maximum atomic E-state index is 12.2. The summed E-state index contributed by atoms with van der Waals surface area (Å²) in [6.07, 6.45) is 1.70. The molecule has 2 aromatic rings. The summed E-state index contributed by atoms with van der Waals surface area (Å²) in [5.74, 6) is 0.935. The highest BCUT2D eigenvalue weighted by Crippen LogP contribution is 2.42. The van der Waals surface area contributed by atoms with Gasteiger partial charge in [-0.05, 0) is 50.5 Å². The molecule has 116 valence electrons. The lowest BCUT2D eigenvalue weighted by Gasteiger charge is -2.15. The van der Waals surface area contributed by atoms with Crippen molar-refractivity contribution in [3.05, 3.63) is 33.8 Å². The van der Waals surface area contributed by atoms with Gasteiger partial charge >= 0.3 is 0 Å². The Labute approximate surface area is 137 Å². The fourth-order valence-corrected chi connectivity index (χ4v) is 3.12. The molecule has 3 rings (SSSR count). The minimum atomic E-state index is -0.631. The number of benzene rings is 1. The van der Waals surface area contributed by atoms with Gasteiger partial charge in [0, 0.05) is 10.9 Å². The third kappa shape index (κ3) is 3.56. The first-order valence-electron chi connectivity index (χ1n) is 7.10. The Hall–Kier alpha value is -1.66. The van der Waals surface area contributed by atoms with Crippen LogP contribution < -0.4 is 10.1 Å². The van der Waals surface area contributed by atoms with E-state index in [1.165, 1.54) is 11.3 Å². The van der Waals surface area contributed by atoms with Gasteiger partial charge in [-0.2, -0.15) is 0 Å². The molecule has 0 radical (unpaired) electrons. The average molecular weight is 338 g/mol. The summed E-state index contributed by atoms with van der Waals surface area (Å²) in [4.78, 5) is 12.2. The number of aryl methyl sites for hydroxylation is 1. The highest BCUT2D eigenvalue weighted by molar-refractivity contribution is 7.15. The summed E-state index contributed by atoms with van der Waals surface area (Å²) in [6.45, 7) is 3.59. The molecule has 1 aromatic heterocycles. The molecule has 1 saturated carbocycles. The van der Waals surface area contributed by atoms with E-state index in [4.69, 9.17) is 16.3 Å². The molecule has 1 unspecified atom stereocenters. The van der Waals surface area contributed by atoms with E-state index in [9.17, 15) is 4.79 Å².